The van der Waals surface area contributed by atoms with Gasteiger partial charge >= 0.3 is 0 Å². The Hall–Kier alpha value is -4.46. The van der Waals surface area contributed by atoms with Crippen LogP contribution in [0.15, 0.2) is 47.0 Å². The van der Waals surface area contributed by atoms with Gasteiger partial charge in [-0.3, -0.25) is 14.1 Å². The number of pyridine rings is 1. The molecule has 4 rings (SSSR count). The maximum absolute atomic E-state index is 13.0. The molecule has 188 valence electrons. The van der Waals surface area contributed by atoms with Crippen LogP contribution in [0.3, 0.4) is 0 Å². The van der Waals surface area contributed by atoms with Crippen LogP contribution in [0.2, 0.25) is 0 Å². The van der Waals surface area contributed by atoms with E-state index in [0.717, 1.165) is 0 Å². The molecule has 0 atom stereocenters. The fraction of sp³-hybridized carbons (Fsp3) is 0.227. The first-order valence-corrected chi connectivity index (χ1v) is 12.1. The Labute approximate surface area is 206 Å². The average Bonchev–Trinajstić information content (AvgIpc) is 3.49. The van der Waals surface area contributed by atoms with E-state index >= 15 is 0 Å². The summed E-state index contributed by atoms with van der Waals surface area (Å²) >= 11 is 0. The number of aromatic nitrogens is 5. The van der Waals surface area contributed by atoms with E-state index in [1.54, 1.807) is 43.3 Å². The molecule has 0 bridgehead atoms. The lowest BCUT2D eigenvalue weighted by Gasteiger charge is -2.17. The standard InChI is InChI=1S/C22H22N6O7S/c1-13-11-18(35-26-13)15(29)12-36(30,31)27-22-25-24-21(14-7-5-10-19(23-14)34-4)28(22)20-16(32-2)8-6-9-17(20)33-3/h5-11H,12H2,1-4H3,(H,25,27). The van der Waals surface area contributed by atoms with Crippen molar-refractivity contribution in [1.82, 2.24) is 24.9 Å². The topological polar surface area (TPSA) is 161 Å². The summed E-state index contributed by atoms with van der Waals surface area (Å²) in [5.41, 5.74) is 1.08. The lowest BCUT2D eigenvalue weighted by atomic mass is 10.2. The molecule has 1 N–H and O–H groups in total. The molecular formula is C22H22N6O7S. The molecule has 0 saturated heterocycles. The highest BCUT2D eigenvalue weighted by Gasteiger charge is 2.28. The van der Waals surface area contributed by atoms with Crippen molar-refractivity contribution >= 4 is 21.8 Å². The molecule has 36 heavy (non-hydrogen) atoms. The second-order valence-corrected chi connectivity index (χ2v) is 9.10. The van der Waals surface area contributed by atoms with Crippen LogP contribution in [0.4, 0.5) is 5.95 Å². The number of hydrogen-bond donors (Lipinski definition) is 1. The monoisotopic (exact) mass is 514 g/mol. The van der Waals surface area contributed by atoms with Gasteiger partial charge in [-0.05, 0) is 25.1 Å². The van der Waals surface area contributed by atoms with Crippen LogP contribution in [0.1, 0.15) is 16.2 Å². The minimum atomic E-state index is -4.26. The molecule has 4 aromatic rings. The third-order valence-electron chi connectivity index (χ3n) is 4.92. The third-order valence-corrected chi connectivity index (χ3v) is 6.06. The molecule has 0 spiro atoms. The molecule has 0 unspecified atom stereocenters. The zero-order valence-electron chi connectivity index (χ0n) is 19.8. The molecule has 0 saturated carbocycles. The molecule has 13 nitrogen and oxygen atoms in total. The molecule has 0 amide bonds. The van der Waals surface area contributed by atoms with Gasteiger partial charge in [0, 0.05) is 12.1 Å². The number of ketones is 1. The van der Waals surface area contributed by atoms with Gasteiger partial charge in [0.25, 0.3) is 0 Å². The predicted octanol–water partition coefficient (Wildman–Crippen LogP) is 2.28. The van der Waals surface area contributed by atoms with Crippen molar-refractivity contribution < 1.29 is 31.9 Å². The highest BCUT2D eigenvalue weighted by molar-refractivity contribution is 7.93. The van der Waals surface area contributed by atoms with E-state index < -0.39 is 21.6 Å². The van der Waals surface area contributed by atoms with Crippen molar-refractivity contribution in [3.63, 3.8) is 0 Å². The number of methoxy groups -OCH3 is 3. The lowest BCUT2D eigenvalue weighted by Crippen LogP contribution is -2.24. The van der Waals surface area contributed by atoms with E-state index in [4.69, 9.17) is 18.7 Å². The number of para-hydroxylation sites is 1. The Morgan fingerprint density at radius 2 is 1.72 bits per heavy atom. The van der Waals surface area contributed by atoms with Crippen LogP contribution in [0, 0.1) is 6.92 Å². The minimum absolute atomic E-state index is 0.159. The molecule has 1 aromatic carbocycles. The maximum Gasteiger partial charge on any atom is 0.243 e. The van der Waals surface area contributed by atoms with Crippen molar-refractivity contribution in [3.8, 4) is 34.6 Å². The van der Waals surface area contributed by atoms with Crippen LogP contribution >= 0.6 is 0 Å². The van der Waals surface area contributed by atoms with Gasteiger partial charge < -0.3 is 18.7 Å². The molecule has 3 aromatic heterocycles. The zero-order valence-corrected chi connectivity index (χ0v) is 20.6. The molecule has 0 fully saturated rings. The number of nitrogens with one attached hydrogen (secondary N) is 1. The van der Waals surface area contributed by atoms with Gasteiger partial charge in [-0.1, -0.05) is 17.3 Å². The zero-order chi connectivity index (χ0) is 25.9. The minimum Gasteiger partial charge on any atom is -0.494 e. The SMILES string of the molecule is COc1cccc(-c2nnc(NS(=O)(=O)CC(=O)c3cc(C)no3)n2-c2c(OC)cccc2OC)n1. The van der Waals surface area contributed by atoms with E-state index in [9.17, 15) is 13.2 Å². The summed E-state index contributed by atoms with van der Waals surface area (Å²) in [5, 5.41) is 11.8. The van der Waals surface area contributed by atoms with Gasteiger partial charge in [-0.15, -0.1) is 10.2 Å². The summed E-state index contributed by atoms with van der Waals surface area (Å²) < 4.78 is 50.7. The van der Waals surface area contributed by atoms with Crippen molar-refractivity contribution in [1.29, 1.82) is 0 Å². The molecule has 3 heterocycles. The van der Waals surface area contributed by atoms with E-state index in [0.29, 0.717) is 34.5 Å². The number of Topliss-reactive ketones (excluding diaryl/α,β-unsaturated/α-hetero) is 1. The molecule has 0 aliphatic rings. The molecule has 0 aliphatic carbocycles. The van der Waals surface area contributed by atoms with Gasteiger partial charge in [0.2, 0.25) is 33.4 Å². The van der Waals surface area contributed by atoms with E-state index in [-0.39, 0.29) is 17.5 Å². The van der Waals surface area contributed by atoms with E-state index in [1.165, 1.54) is 32.0 Å². The number of nitrogens with zero attached hydrogens (tertiary/aromatic N) is 5. The van der Waals surface area contributed by atoms with Crippen LogP contribution < -0.4 is 18.9 Å². The van der Waals surface area contributed by atoms with Crippen LogP contribution in [-0.4, -0.2) is 66.2 Å². The number of sulfonamides is 1. The molecular weight excluding hydrogens is 492 g/mol. The van der Waals surface area contributed by atoms with Crippen molar-refractivity contribution in [2.45, 2.75) is 6.92 Å². The number of carbonyl (C=O) groups is 1. The first-order valence-electron chi connectivity index (χ1n) is 10.4. The normalized spacial score (nSPS) is 11.2. The van der Waals surface area contributed by atoms with Crippen LogP contribution in [-0.2, 0) is 10.0 Å². The summed E-state index contributed by atoms with van der Waals surface area (Å²) in [7, 11) is 0.108. The summed E-state index contributed by atoms with van der Waals surface area (Å²) in [6.45, 7) is 1.62. The number of anilines is 1. The van der Waals surface area contributed by atoms with Gasteiger partial charge in [0.1, 0.15) is 28.6 Å². The quantitative estimate of drug-likeness (QED) is 0.309. The lowest BCUT2D eigenvalue weighted by molar-refractivity contribution is 0.0982. The highest BCUT2D eigenvalue weighted by Crippen LogP contribution is 2.37. The Balaban J connectivity index is 1.83. The number of aryl methyl sites for hydroxylation is 1. The smallest absolute Gasteiger partial charge is 0.243 e. The largest absolute Gasteiger partial charge is 0.494 e. The Morgan fingerprint density at radius 3 is 2.33 bits per heavy atom. The van der Waals surface area contributed by atoms with Gasteiger partial charge in [0.05, 0.1) is 27.0 Å². The number of benzene rings is 1. The number of rotatable bonds is 10. The molecule has 14 heteroatoms. The fourth-order valence-electron chi connectivity index (χ4n) is 3.35. The third kappa shape index (κ3) is 4.98. The summed E-state index contributed by atoms with van der Waals surface area (Å²) in [4.78, 5) is 16.8. The molecule has 0 aliphatic heterocycles. The number of ether oxygens (including phenoxy) is 3. The summed E-state index contributed by atoms with van der Waals surface area (Å²) in [5.74, 6) is -0.941. The fourth-order valence-corrected chi connectivity index (χ4v) is 4.32. The van der Waals surface area contributed by atoms with Crippen molar-refractivity contribution in [2.24, 2.45) is 0 Å². The predicted molar refractivity (Wildman–Crippen MR) is 127 cm³/mol. The Morgan fingerprint density at radius 1 is 1.03 bits per heavy atom. The number of hydrogen-bond acceptors (Lipinski definition) is 11. The summed E-state index contributed by atoms with van der Waals surface area (Å²) in [6.07, 6.45) is 0. The molecule has 0 radical (unpaired) electrons. The second kappa shape index (κ2) is 10.0. The van der Waals surface area contributed by atoms with Crippen molar-refractivity contribution in [3.05, 3.63) is 53.9 Å². The number of carbonyl (C=O) groups excluding carboxylic acids is 1. The van der Waals surface area contributed by atoms with Gasteiger partial charge in [-0.25, -0.2) is 13.4 Å². The maximum atomic E-state index is 13.0. The van der Waals surface area contributed by atoms with E-state index in [1.807, 2.05) is 0 Å². The highest BCUT2D eigenvalue weighted by atomic mass is 32.2. The van der Waals surface area contributed by atoms with Crippen LogP contribution in [0.25, 0.3) is 17.2 Å². The summed E-state index contributed by atoms with van der Waals surface area (Å²) in [6, 6.07) is 11.4. The first kappa shape index (κ1) is 24.7. The van der Waals surface area contributed by atoms with Crippen molar-refractivity contribution in [2.75, 3.05) is 31.8 Å². The van der Waals surface area contributed by atoms with E-state index in [2.05, 4.69) is 25.1 Å². The Kier molecular flexibility index (Phi) is 6.87. The van der Waals surface area contributed by atoms with Crippen LogP contribution in [0.5, 0.6) is 17.4 Å². The second-order valence-electron chi connectivity index (χ2n) is 7.38. The van der Waals surface area contributed by atoms with Gasteiger partial charge in [-0.2, -0.15) is 0 Å². The average molecular weight is 515 g/mol. The first-order chi connectivity index (χ1) is 17.3. The van der Waals surface area contributed by atoms with Gasteiger partial charge in [0.15, 0.2) is 5.82 Å². The Bertz CT molecular complexity index is 1490.